The minimum absolute atomic E-state index is 0.586. The summed E-state index contributed by atoms with van der Waals surface area (Å²) >= 11 is 0. The lowest BCUT2D eigenvalue weighted by atomic mass is 9.71. The molecule has 3 saturated carbocycles. The number of hydrogen-bond donors (Lipinski definition) is 1. The molecule has 0 aromatic heterocycles. The molecule has 3 unspecified atom stereocenters. The van der Waals surface area contributed by atoms with Crippen LogP contribution in [0.15, 0.2) is 0 Å². The van der Waals surface area contributed by atoms with Crippen LogP contribution in [0, 0.1) is 23.2 Å². The van der Waals surface area contributed by atoms with E-state index in [1.54, 1.807) is 0 Å². The van der Waals surface area contributed by atoms with Gasteiger partial charge in [0.15, 0.2) is 0 Å². The molecule has 0 aliphatic heterocycles. The van der Waals surface area contributed by atoms with E-state index in [9.17, 15) is 0 Å². The van der Waals surface area contributed by atoms with Gasteiger partial charge >= 0.3 is 0 Å². The Morgan fingerprint density at radius 1 is 1.21 bits per heavy atom. The van der Waals surface area contributed by atoms with E-state index in [-0.39, 0.29) is 0 Å². The summed E-state index contributed by atoms with van der Waals surface area (Å²) in [5, 5.41) is 3.82. The van der Waals surface area contributed by atoms with Crippen LogP contribution in [0.25, 0.3) is 0 Å². The smallest absolute Gasteiger partial charge is 0.0488 e. The topological polar surface area (TPSA) is 21.3 Å². The second kappa shape index (κ2) is 5.73. The van der Waals surface area contributed by atoms with Crippen molar-refractivity contribution >= 4 is 0 Å². The van der Waals surface area contributed by atoms with Crippen molar-refractivity contribution in [3.63, 3.8) is 0 Å². The summed E-state index contributed by atoms with van der Waals surface area (Å²) in [4.78, 5) is 0. The molecule has 3 rings (SSSR count). The molecule has 0 heterocycles. The third kappa shape index (κ3) is 3.33. The molecule has 0 spiro atoms. The highest BCUT2D eigenvalue weighted by molar-refractivity contribution is 5.02. The molecule has 3 aliphatic rings. The standard InChI is InChI=1S/C17H31NO/c1-13(2)11-19-8-7-17(12-18-16-5-6-16)10-14-3-4-15(17)9-14/h13-16,18H,3-12H2,1-2H3. The Kier molecular flexibility index (Phi) is 4.19. The van der Waals surface area contributed by atoms with E-state index in [0.717, 1.165) is 31.1 Å². The molecule has 0 amide bonds. The van der Waals surface area contributed by atoms with Crippen molar-refractivity contribution in [1.82, 2.24) is 5.32 Å². The average Bonchev–Trinajstić information content (AvgIpc) is 3.01. The third-order valence-electron chi connectivity index (χ3n) is 5.62. The van der Waals surface area contributed by atoms with Gasteiger partial charge in [-0.1, -0.05) is 20.3 Å². The summed E-state index contributed by atoms with van der Waals surface area (Å²) in [5.41, 5.74) is 0.586. The summed E-state index contributed by atoms with van der Waals surface area (Å²) in [7, 11) is 0. The second-order valence-electron chi connectivity index (χ2n) is 7.82. The summed E-state index contributed by atoms with van der Waals surface area (Å²) in [5.74, 6) is 2.70. The fourth-order valence-electron chi connectivity index (χ4n) is 4.40. The van der Waals surface area contributed by atoms with E-state index >= 15 is 0 Å². The zero-order valence-electron chi connectivity index (χ0n) is 12.8. The fourth-order valence-corrected chi connectivity index (χ4v) is 4.40. The highest BCUT2D eigenvalue weighted by Gasteiger charge is 2.50. The molecular weight excluding hydrogens is 234 g/mol. The number of nitrogens with one attached hydrogen (secondary N) is 1. The van der Waals surface area contributed by atoms with Crippen LogP contribution in [0.2, 0.25) is 0 Å². The highest BCUT2D eigenvalue weighted by atomic mass is 16.5. The molecule has 2 bridgehead atoms. The molecule has 19 heavy (non-hydrogen) atoms. The van der Waals surface area contributed by atoms with Crippen LogP contribution in [-0.2, 0) is 4.74 Å². The minimum atomic E-state index is 0.586. The van der Waals surface area contributed by atoms with Crippen molar-refractivity contribution in [2.75, 3.05) is 19.8 Å². The third-order valence-corrected chi connectivity index (χ3v) is 5.62. The lowest BCUT2D eigenvalue weighted by Crippen LogP contribution is -2.40. The molecule has 110 valence electrons. The van der Waals surface area contributed by atoms with Gasteiger partial charge in [0.25, 0.3) is 0 Å². The van der Waals surface area contributed by atoms with E-state index < -0.39 is 0 Å². The first-order valence-electron chi connectivity index (χ1n) is 8.49. The van der Waals surface area contributed by atoms with Crippen molar-refractivity contribution in [2.24, 2.45) is 23.2 Å². The molecule has 3 atom stereocenters. The van der Waals surface area contributed by atoms with E-state index in [4.69, 9.17) is 4.74 Å². The van der Waals surface area contributed by atoms with Crippen LogP contribution in [0.4, 0.5) is 0 Å². The van der Waals surface area contributed by atoms with Crippen molar-refractivity contribution in [1.29, 1.82) is 0 Å². The maximum absolute atomic E-state index is 5.88. The van der Waals surface area contributed by atoms with Crippen molar-refractivity contribution in [3.8, 4) is 0 Å². The van der Waals surface area contributed by atoms with Crippen LogP contribution in [0.3, 0.4) is 0 Å². The van der Waals surface area contributed by atoms with Gasteiger partial charge in [-0.15, -0.1) is 0 Å². The largest absolute Gasteiger partial charge is 0.381 e. The van der Waals surface area contributed by atoms with Crippen LogP contribution < -0.4 is 5.32 Å². The lowest BCUT2D eigenvalue weighted by molar-refractivity contribution is 0.0515. The van der Waals surface area contributed by atoms with Gasteiger partial charge in [-0.25, -0.2) is 0 Å². The highest BCUT2D eigenvalue weighted by Crippen LogP contribution is 2.57. The molecule has 0 aromatic carbocycles. The van der Waals surface area contributed by atoms with Crippen molar-refractivity contribution in [3.05, 3.63) is 0 Å². The lowest BCUT2D eigenvalue weighted by Gasteiger charge is -2.38. The molecule has 0 aromatic rings. The van der Waals surface area contributed by atoms with Crippen LogP contribution >= 0.6 is 0 Å². The average molecular weight is 265 g/mol. The van der Waals surface area contributed by atoms with Gasteiger partial charge in [0.05, 0.1) is 0 Å². The molecule has 2 nitrogen and oxygen atoms in total. The number of ether oxygens (including phenoxy) is 1. The summed E-state index contributed by atoms with van der Waals surface area (Å²) in [6.07, 6.45) is 10.1. The predicted octanol–water partition coefficient (Wildman–Crippen LogP) is 3.61. The number of hydrogen-bond acceptors (Lipinski definition) is 2. The Balaban J connectivity index is 1.50. The first-order chi connectivity index (χ1) is 9.18. The Labute approximate surface area is 118 Å². The summed E-state index contributed by atoms with van der Waals surface area (Å²) < 4.78 is 5.88. The Morgan fingerprint density at radius 3 is 2.63 bits per heavy atom. The fraction of sp³-hybridized carbons (Fsp3) is 1.00. The molecule has 0 radical (unpaired) electrons. The molecule has 1 N–H and O–H groups in total. The van der Waals surface area contributed by atoms with Crippen molar-refractivity contribution < 1.29 is 4.74 Å². The van der Waals surface area contributed by atoms with Crippen LogP contribution in [0.1, 0.15) is 58.8 Å². The maximum atomic E-state index is 5.88. The monoisotopic (exact) mass is 265 g/mol. The SMILES string of the molecule is CC(C)COCCC1(CNC2CC2)CC2CCC1C2. The van der Waals surface area contributed by atoms with Crippen LogP contribution in [-0.4, -0.2) is 25.8 Å². The van der Waals surface area contributed by atoms with Gasteiger partial charge in [0.2, 0.25) is 0 Å². The van der Waals surface area contributed by atoms with Gasteiger partial charge in [0, 0.05) is 25.8 Å². The van der Waals surface area contributed by atoms with E-state index in [1.807, 2.05) is 0 Å². The number of fused-ring (bicyclic) bond motifs is 2. The van der Waals surface area contributed by atoms with Crippen LogP contribution in [0.5, 0.6) is 0 Å². The van der Waals surface area contributed by atoms with Gasteiger partial charge in [-0.2, -0.15) is 0 Å². The number of rotatable bonds is 8. The van der Waals surface area contributed by atoms with Gasteiger partial charge in [-0.05, 0) is 61.7 Å². The normalized spacial score (nSPS) is 37.4. The van der Waals surface area contributed by atoms with Gasteiger partial charge in [0.1, 0.15) is 0 Å². The first kappa shape index (κ1) is 13.9. The van der Waals surface area contributed by atoms with E-state index in [2.05, 4.69) is 19.2 Å². The molecular formula is C17H31NO. The predicted molar refractivity (Wildman–Crippen MR) is 79.2 cm³/mol. The maximum Gasteiger partial charge on any atom is 0.0488 e. The minimum Gasteiger partial charge on any atom is -0.381 e. The van der Waals surface area contributed by atoms with Gasteiger partial charge in [-0.3, -0.25) is 0 Å². The first-order valence-corrected chi connectivity index (χ1v) is 8.49. The summed E-state index contributed by atoms with van der Waals surface area (Å²) in [6, 6.07) is 0.854. The molecule has 0 saturated heterocycles. The van der Waals surface area contributed by atoms with Gasteiger partial charge < -0.3 is 10.1 Å². The molecule has 3 fully saturated rings. The zero-order chi connectivity index (χ0) is 13.3. The second-order valence-corrected chi connectivity index (χ2v) is 7.82. The Morgan fingerprint density at radius 2 is 2.05 bits per heavy atom. The Hall–Kier alpha value is -0.0800. The molecule has 2 heteroatoms. The zero-order valence-corrected chi connectivity index (χ0v) is 12.8. The quantitative estimate of drug-likeness (QED) is 0.677. The van der Waals surface area contributed by atoms with E-state index in [0.29, 0.717) is 11.3 Å². The molecule has 3 aliphatic carbocycles. The Bertz CT molecular complexity index is 300. The van der Waals surface area contributed by atoms with E-state index in [1.165, 1.54) is 51.5 Å². The summed E-state index contributed by atoms with van der Waals surface area (Å²) in [6.45, 7) is 7.65. The van der Waals surface area contributed by atoms with Crippen molar-refractivity contribution in [2.45, 2.75) is 64.8 Å².